The van der Waals surface area contributed by atoms with E-state index in [1.54, 1.807) is 6.20 Å². The fraction of sp³-hybridized carbons (Fsp3) is 0.133. The molecule has 2 heterocycles. The summed E-state index contributed by atoms with van der Waals surface area (Å²) in [7, 11) is 0. The van der Waals surface area contributed by atoms with Crippen LogP contribution in [0.2, 0.25) is 0 Å². The van der Waals surface area contributed by atoms with Crippen LogP contribution in [0.25, 0.3) is 0 Å². The van der Waals surface area contributed by atoms with Gasteiger partial charge in [0.25, 0.3) is 0 Å². The van der Waals surface area contributed by atoms with Gasteiger partial charge in [-0.1, -0.05) is 36.4 Å². The minimum absolute atomic E-state index is 0.129. The maximum Gasteiger partial charge on any atom is 0.154 e. The fourth-order valence-corrected chi connectivity index (χ4v) is 1.98. The Kier molecular flexibility index (Phi) is 2.96. The number of pyridine rings is 1. The molecule has 1 aliphatic rings. The van der Waals surface area contributed by atoms with Gasteiger partial charge in [0.05, 0.1) is 6.04 Å². The number of hydrogen-bond donors (Lipinski definition) is 0. The van der Waals surface area contributed by atoms with Crippen LogP contribution < -0.4 is 0 Å². The summed E-state index contributed by atoms with van der Waals surface area (Å²) >= 11 is 0. The molecule has 88 valence electrons. The minimum atomic E-state index is 0.129. The Balaban J connectivity index is 1.75. The van der Waals surface area contributed by atoms with Gasteiger partial charge in [0.15, 0.2) is 5.84 Å². The number of aliphatic imine (C=N–C) groups is 2. The average molecular weight is 235 g/mol. The predicted octanol–water partition coefficient (Wildman–Crippen LogP) is 2.52. The molecule has 18 heavy (non-hydrogen) atoms. The molecule has 3 heteroatoms. The average Bonchev–Trinajstić information content (AvgIpc) is 2.89. The van der Waals surface area contributed by atoms with Crippen LogP contribution in [0.15, 0.2) is 64.8 Å². The van der Waals surface area contributed by atoms with E-state index in [-0.39, 0.29) is 6.04 Å². The van der Waals surface area contributed by atoms with Gasteiger partial charge in [-0.05, 0) is 11.6 Å². The lowest BCUT2D eigenvalue weighted by Gasteiger charge is -2.02. The van der Waals surface area contributed by atoms with Crippen molar-refractivity contribution in [3.05, 3.63) is 66.0 Å². The molecular formula is C15H13N3. The summed E-state index contributed by atoms with van der Waals surface area (Å²) < 4.78 is 0. The number of hydrogen-bond acceptors (Lipinski definition) is 3. The first-order valence-corrected chi connectivity index (χ1v) is 5.98. The molecule has 0 aliphatic carbocycles. The van der Waals surface area contributed by atoms with Crippen LogP contribution in [-0.2, 0) is 6.42 Å². The monoisotopic (exact) mass is 235 g/mol. The van der Waals surface area contributed by atoms with Crippen molar-refractivity contribution in [1.82, 2.24) is 4.98 Å². The van der Waals surface area contributed by atoms with Gasteiger partial charge >= 0.3 is 0 Å². The molecule has 1 unspecified atom stereocenters. The molecule has 0 amide bonds. The molecule has 0 radical (unpaired) electrons. The molecule has 3 rings (SSSR count). The Labute approximate surface area is 106 Å². The first-order valence-electron chi connectivity index (χ1n) is 5.98. The van der Waals surface area contributed by atoms with Gasteiger partial charge in [-0.3, -0.25) is 9.98 Å². The van der Waals surface area contributed by atoms with Gasteiger partial charge in [-0.2, -0.15) is 0 Å². The van der Waals surface area contributed by atoms with Crippen molar-refractivity contribution in [1.29, 1.82) is 0 Å². The van der Waals surface area contributed by atoms with Crippen LogP contribution >= 0.6 is 0 Å². The van der Waals surface area contributed by atoms with Crippen LogP contribution in [-0.4, -0.2) is 23.1 Å². The van der Waals surface area contributed by atoms with Crippen molar-refractivity contribution in [2.45, 2.75) is 12.5 Å². The summed E-state index contributed by atoms with van der Waals surface area (Å²) in [6.45, 7) is 0. The second-order valence-electron chi connectivity index (χ2n) is 4.23. The number of aromatic nitrogens is 1. The number of nitrogens with zero attached hydrogens (tertiary/aromatic N) is 3. The quantitative estimate of drug-likeness (QED) is 0.805. The standard InChI is InChI=1S/C15H13N3/c1-2-6-13(7-3-1)15-17-11-14(18-15)9-12-5-4-8-16-10-12/h1-8,10-11,14H,9H2. The molecule has 1 aromatic carbocycles. The van der Waals surface area contributed by atoms with E-state index in [4.69, 9.17) is 0 Å². The maximum absolute atomic E-state index is 4.62. The highest BCUT2D eigenvalue weighted by molar-refractivity contribution is 6.07. The largest absolute Gasteiger partial charge is 0.264 e. The summed E-state index contributed by atoms with van der Waals surface area (Å²) in [4.78, 5) is 13.1. The Morgan fingerprint density at radius 2 is 1.89 bits per heavy atom. The Bertz CT molecular complexity index is 573. The summed E-state index contributed by atoms with van der Waals surface area (Å²) in [5.41, 5.74) is 2.26. The van der Waals surface area contributed by atoms with Crippen molar-refractivity contribution >= 4 is 12.1 Å². The summed E-state index contributed by atoms with van der Waals surface area (Å²) in [6, 6.07) is 14.2. The summed E-state index contributed by atoms with van der Waals surface area (Å²) in [6.07, 6.45) is 6.43. The van der Waals surface area contributed by atoms with Crippen LogP contribution in [0.1, 0.15) is 11.1 Å². The summed E-state index contributed by atoms with van der Waals surface area (Å²) in [5.74, 6) is 0.824. The molecule has 0 N–H and O–H groups in total. The molecule has 0 spiro atoms. The van der Waals surface area contributed by atoms with E-state index in [2.05, 4.69) is 21.0 Å². The van der Waals surface area contributed by atoms with Gasteiger partial charge in [-0.15, -0.1) is 0 Å². The topological polar surface area (TPSA) is 37.6 Å². The van der Waals surface area contributed by atoms with Crippen molar-refractivity contribution in [2.24, 2.45) is 9.98 Å². The molecule has 0 bridgehead atoms. The van der Waals surface area contributed by atoms with Crippen LogP contribution in [0.5, 0.6) is 0 Å². The Morgan fingerprint density at radius 3 is 2.67 bits per heavy atom. The highest BCUT2D eigenvalue weighted by Gasteiger charge is 2.14. The van der Waals surface area contributed by atoms with E-state index in [9.17, 15) is 0 Å². The van der Waals surface area contributed by atoms with Crippen molar-refractivity contribution in [2.75, 3.05) is 0 Å². The molecule has 0 saturated heterocycles. The third kappa shape index (κ3) is 2.35. The SMILES string of the molecule is C1=NC(c2ccccc2)=NC1Cc1cccnc1. The third-order valence-corrected chi connectivity index (χ3v) is 2.86. The van der Waals surface area contributed by atoms with Gasteiger partial charge in [0.1, 0.15) is 0 Å². The second-order valence-corrected chi connectivity index (χ2v) is 4.23. The number of benzene rings is 1. The van der Waals surface area contributed by atoms with Crippen LogP contribution in [0.3, 0.4) is 0 Å². The zero-order valence-corrected chi connectivity index (χ0v) is 9.90. The second kappa shape index (κ2) is 4.92. The van der Waals surface area contributed by atoms with Crippen molar-refractivity contribution in [3.8, 4) is 0 Å². The lowest BCUT2D eigenvalue weighted by molar-refractivity contribution is 0.874. The predicted molar refractivity (Wildman–Crippen MR) is 73.2 cm³/mol. The molecule has 1 aliphatic heterocycles. The van der Waals surface area contributed by atoms with E-state index in [1.807, 2.05) is 48.8 Å². The highest BCUT2D eigenvalue weighted by atomic mass is 15.0. The van der Waals surface area contributed by atoms with Crippen LogP contribution in [0, 0.1) is 0 Å². The number of rotatable bonds is 3. The Hall–Kier alpha value is -2.29. The first-order chi connectivity index (χ1) is 8.92. The third-order valence-electron chi connectivity index (χ3n) is 2.86. The lowest BCUT2D eigenvalue weighted by atomic mass is 10.1. The summed E-state index contributed by atoms with van der Waals surface area (Å²) in [5, 5.41) is 0. The zero-order chi connectivity index (χ0) is 12.2. The fourth-order valence-electron chi connectivity index (χ4n) is 1.98. The smallest absolute Gasteiger partial charge is 0.154 e. The normalized spacial score (nSPS) is 17.8. The Morgan fingerprint density at radius 1 is 1.00 bits per heavy atom. The molecule has 1 aromatic heterocycles. The first kappa shape index (κ1) is 10.8. The van der Waals surface area contributed by atoms with Gasteiger partial charge in [-0.25, -0.2) is 4.99 Å². The molecule has 0 fully saturated rings. The lowest BCUT2D eigenvalue weighted by Crippen LogP contribution is -2.07. The molecule has 3 nitrogen and oxygen atoms in total. The van der Waals surface area contributed by atoms with E-state index in [0.717, 1.165) is 17.8 Å². The van der Waals surface area contributed by atoms with E-state index < -0.39 is 0 Å². The van der Waals surface area contributed by atoms with Gasteiger partial charge < -0.3 is 0 Å². The number of amidine groups is 1. The molecular weight excluding hydrogens is 222 g/mol. The van der Waals surface area contributed by atoms with E-state index in [0.29, 0.717) is 0 Å². The van der Waals surface area contributed by atoms with Gasteiger partial charge in [0, 0.05) is 30.6 Å². The molecule has 2 aromatic rings. The van der Waals surface area contributed by atoms with Crippen molar-refractivity contribution < 1.29 is 0 Å². The van der Waals surface area contributed by atoms with Gasteiger partial charge in [0.2, 0.25) is 0 Å². The van der Waals surface area contributed by atoms with Crippen LogP contribution in [0.4, 0.5) is 0 Å². The minimum Gasteiger partial charge on any atom is -0.264 e. The molecule has 0 saturated carbocycles. The van der Waals surface area contributed by atoms with E-state index >= 15 is 0 Å². The maximum atomic E-state index is 4.62. The molecule has 1 atom stereocenters. The van der Waals surface area contributed by atoms with E-state index in [1.165, 1.54) is 5.56 Å². The highest BCUT2D eigenvalue weighted by Crippen LogP contribution is 2.12. The van der Waals surface area contributed by atoms with Crippen molar-refractivity contribution in [3.63, 3.8) is 0 Å². The zero-order valence-electron chi connectivity index (χ0n) is 9.90.